The van der Waals surface area contributed by atoms with E-state index in [1.165, 1.54) is 0 Å². The van der Waals surface area contributed by atoms with E-state index in [1.807, 2.05) is 19.9 Å². The largest absolute Gasteiger partial charge is 0.490 e. The average Bonchev–Trinajstić information content (AvgIpc) is 2.42. The molecule has 1 aromatic carbocycles. The maximum absolute atomic E-state index is 12.1. The normalized spacial score (nSPS) is 10.4. The Morgan fingerprint density at radius 3 is 2.57 bits per heavy atom. The summed E-state index contributed by atoms with van der Waals surface area (Å²) in [6, 6.07) is 7.15. The van der Waals surface area contributed by atoms with Gasteiger partial charge in [0, 0.05) is 13.0 Å². The van der Waals surface area contributed by atoms with Crippen LogP contribution in [0, 0.1) is 0 Å². The lowest BCUT2D eigenvalue weighted by Crippen LogP contribution is -2.25. The summed E-state index contributed by atoms with van der Waals surface area (Å²) in [5, 5.41) is 11.4. The van der Waals surface area contributed by atoms with Gasteiger partial charge in [-0.25, -0.2) is 0 Å². The van der Waals surface area contributed by atoms with Crippen molar-refractivity contribution in [2.75, 3.05) is 6.54 Å². The van der Waals surface area contributed by atoms with Crippen LogP contribution in [0.15, 0.2) is 24.3 Å². The van der Waals surface area contributed by atoms with E-state index in [-0.39, 0.29) is 18.4 Å². The molecule has 0 aliphatic heterocycles. The van der Waals surface area contributed by atoms with Crippen molar-refractivity contribution in [3.63, 3.8) is 0 Å². The summed E-state index contributed by atoms with van der Waals surface area (Å²) in [4.78, 5) is 22.5. The van der Waals surface area contributed by atoms with Gasteiger partial charge >= 0.3 is 5.97 Å². The third kappa shape index (κ3) is 6.79. The van der Waals surface area contributed by atoms with Crippen LogP contribution < -0.4 is 10.1 Å². The van der Waals surface area contributed by atoms with Gasteiger partial charge in [-0.05, 0) is 38.8 Å². The maximum Gasteiger partial charge on any atom is 0.303 e. The molecule has 5 nitrogen and oxygen atoms in total. The second kappa shape index (κ2) is 9.00. The molecule has 1 rings (SSSR count). The van der Waals surface area contributed by atoms with Gasteiger partial charge in [-0.15, -0.1) is 0 Å². The first-order valence-electron chi connectivity index (χ1n) is 7.26. The number of ether oxygens (including phenoxy) is 1. The van der Waals surface area contributed by atoms with Crippen LogP contribution in [0.2, 0.25) is 0 Å². The van der Waals surface area contributed by atoms with Crippen molar-refractivity contribution in [3.8, 4) is 5.75 Å². The topological polar surface area (TPSA) is 75.6 Å². The van der Waals surface area contributed by atoms with Crippen molar-refractivity contribution in [1.82, 2.24) is 5.32 Å². The first kappa shape index (κ1) is 17.0. The fourth-order valence-corrected chi connectivity index (χ4v) is 1.89. The van der Waals surface area contributed by atoms with Crippen LogP contribution in [0.4, 0.5) is 0 Å². The Morgan fingerprint density at radius 2 is 1.90 bits per heavy atom. The van der Waals surface area contributed by atoms with Gasteiger partial charge in [0.25, 0.3) is 5.91 Å². The van der Waals surface area contributed by atoms with E-state index < -0.39 is 5.97 Å². The monoisotopic (exact) mass is 293 g/mol. The third-order valence-electron chi connectivity index (χ3n) is 2.85. The van der Waals surface area contributed by atoms with Gasteiger partial charge in [0.2, 0.25) is 0 Å². The lowest BCUT2D eigenvalue weighted by Gasteiger charge is -2.14. The Bertz CT molecular complexity index is 471. The summed E-state index contributed by atoms with van der Waals surface area (Å²) in [6.07, 6.45) is 2.38. The lowest BCUT2D eigenvalue weighted by atomic mass is 10.1. The molecule has 0 saturated carbocycles. The predicted octanol–water partition coefficient (Wildman–Crippen LogP) is 2.85. The van der Waals surface area contributed by atoms with E-state index in [1.54, 1.807) is 18.2 Å². The van der Waals surface area contributed by atoms with Crippen molar-refractivity contribution in [2.45, 2.75) is 45.6 Å². The summed E-state index contributed by atoms with van der Waals surface area (Å²) in [5.74, 6) is -0.362. The molecule has 0 aliphatic carbocycles. The SMILES string of the molecule is CC(C)Oc1ccccc1C(=O)NCCCCCC(=O)O. The molecule has 1 aromatic rings. The van der Waals surface area contributed by atoms with Crippen molar-refractivity contribution < 1.29 is 19.4 Å². The highest BCUT2D eigenvalue weighted by Gasteiger charge is 2.12. The second-order valence-electron chi connectivity index (χ2n) is 5.12. The molecule has 0 bridgehead atoms. The van der Waals surface area contributed by atoms with Gasteiger partial charge in [0.05, 0.1) is 11.7 Å². The highest BCUT2D eigenvalue weighted by Crippen LogP contribution is 2.19. The number of nitrogens with one attached hydrogen (secondary N) is 1. The summed E-state index contributed by atoms with van der Waals surface area (Å²) in [7, 11) is 0. The number of amides is 1. The zero-order valence-electron chi connectivity index (χ0n) is 12.6. The number of benzene rings is 1. The van der Waals surface area contributed by atoms with Crippen LogP contribution in [0.5, 0.6) is 5.75 Å². The van der Waals surface area contributed by atoms with E-state index in [4.69, 9.17) is 9.84 Å². The Hall–Kier alpha value is -2.04. The summed E-state index contributed by atoms with van der Waals surface area (Å²) in [5.41, 5.74) is 0.525. The quantitative estimate of drug-likeness (QED) is 0.686. The van der Waals surface area contributed by atoms with E-state index in [0.29, 0.717) is 24.3 Å². The van der Waals surface area contributed by atoms with E-state index in [0.717, 1.165) is 12.8 Å². The zero-order chi connectivity index (χ0) is 15.7. The molecule has 0 heterocycles. The minimum Gasteiger partial charge on any atom is -0.490 e. The molecule has 0 atom stereocenters. The molecule has 0 aliphatic rings. The number of carboxylic acids is 1. The molecule has 0 unspecified atom stereocenters. The van der Waals surface area contributed by atoms with Gasteiger partial charge < -0.3 is 15.2 Å². The van der Waals surface area contributed by atoms with Crippen molar-refractivity contribution in [2.24, 2.45) is 0 Å². The third-order valence-corrected chi connectivity index (χ3v) is 2.85. The van der Waals surface area contributed by atoms with Gasteiger partial charge in [-0.1, -0.05) is 18.6 Å². The first-order chi connectivity index (χ1) is 10.0. The second-order valence-corrected chi connectivity index (χ2v) is 5.12. The van der Waals surface area contributed by atoms with E-state index in [2.05, 4.69) is 5.32 Å². The Kier molecular flexibility index (Phi) is 7.29. The number of hydrogen-bond acceptors (Lipinski definition) is 3. The lowest BCUT2D eigenvalue weighted by molar-refractivity contribution is -0.137. The molecule has 5 heteroatoms. The number of carbonyl (C=O) groups excluding carboxylic acids is 1. The smallest absolute Gasteiger partial charge is 0.303 e. The van der Waals surface area contributed by atoms with Crippen LogP contribution in [0.3, 0.4) is 0 Å². The molecule has 21 heavy (non-hydrogen) atoms. The van der Waals surface area contributed by atoms with Gasteiger partial charge in [0.1, 0.15) is 5.75 Å². The molecular weight excluding hydrogens is 270 g/mol. The highest BCUT2D eigenvalue weighted by molar-refractivity contribution is 5.96. The molecule has 116 valence electrons. The highest BCUT2D eigenvalue weighted by atomic mass is 16.5. The predicted molar refractivity (Wildman–Crippen MR) is 80.6 cm³/mol. The molecule has 0 aromatic heterocycles. The number of aliphatic carboxylic acids is 1. The number of unbranched alkanes of at least 4 members (excludes halogenated alkanes) is 2. The standard InChI is InChI=1S/C16H23NO4/c1-12(2)21-14-9-6-5-8-13(14)16(20)17-11-7-3-4-10-15(18)19/h5-6,8-9,12H,3-4,7,10-11H2,1-2H3,(H,17,20)(H,18,19). The molecule has 0 saturated heterocycles. The van der Waals surface area contributed by atoms with Crippen LogP contribution in [-0.4, -0.2) is 29.6 Å². The Balaban J connectivity index is 2.40. The van der Waals surface area contributed by atoms with Crippen molar-refractivity contribution >= 4 is 11.9 Å². The molecule has 0 radical (unpaired) electrons. The number of para-hydroxylation sites is 1. The molecule has 2 N–H and O–H groups in total. The number of rotatable bonds is 9. The van der Waals surface area contributed by atoms with Gasteiger partial charge in [-0.2, -0.15) is 0 Å². The fraction of sp³-hybridized carbons (Fsp3) is 0.500. The first-order valence-corrected chi connectivity index (χ1v) is 7.26. The average molecular weight is 293 g/mol. The van der Waals surface area contributed by atoms with Crippen LogP contribution in [0.25, 0.3) is 0 Å². The number of carbonyl (C=O) groups is 2. The molecular formula is C16H23NO4. The van der Waals surface area contributed by atoms with Gasteiger partial charge in [-0.3, -0.25) is 9.59 Å². The molecule has 0 spiro atoms. The minimum absolute atomic E-state index is 0.00923. The molecule has 0 fully saturated rings. The summed E-state index contributed by atoms with van der Waals surface area (Å²) < 4.78 is 5.61. The number of carboxylic acid groups (broad SMARTS) is 1. The van der Waals surface area contributed by atoms with Crippen LogP contribution in [-0.2, 0) is 4.79 Å². The maximum atomic E-state index is 12.1. The summed E-state index contributed by atoms with van der Waals surface area (Å²) in [6.45, 7) is 4.36. The van der Waals surface area contributed by atoms with Gasteiger partial charge in [0.15, 0.2) is 0 Å². The Morgan fingerprint density at radius 1 is 1.19 bits per heavy atom. The van der Waals surface area contributed by atoms with E-state index in [9.17, 15) is 9.59 Å². The fourth-order valence-electron chi connectivity index (χ4n) is 1.89. The minimum atomic E-state index is -0.779. The van der Waals surface area contributed by atoms with Crippen LogP contribution in [0.1, 0.15) is 49.9 Å². The summed E-state index contributed by atoms with van der Waals surface area (Å²) >= 11 is 0. The van der Waals surface area contributed by atoms with Crippen LogP contribution >= 0.6 is 0 Å². The molecule has 1 amide bonds. The number of hydrogen-bond donors (Lipinski definition) is 2. The van der Waals surface area contributed by atoms with Crippen molar-refractivity contribution in [3.05, 3.63) is 29.8 Å². The van der Waals surface area contributed by atoms with E-state index >= 15 is 0 Å². The zero-order valence-corrected chi connectivity index (χ0v) is 12.6. The van der Waals surface area contributed by atoms with Crippen molar-refractivity contribution in [1.29, 1.82) is 0 Å². The Labute approximate surface area is 125 Å².